The molecule has 2 saturated heterocycles. The maximum Gasteiger partial charge on any atom is 2.00 e. The fourth-order valence-electron chi connectivity index (χ4n) is 9.23. The molecule has 72 heavy (non-hydrogen) atoms. The topological polar surface area (TPSA) is 92.1 Å². The maximum atomic E-state index is 5.33. The number of hydrogen-bond acceptors (Lipinski definition) is 5. The molecule has 0 bridgehead atoms. The number of ether oxygens (including phenoxy) is 4. The van der Waals surface area contributed by atoms with Gasteiger partial charge < -0.3 is 33.9 Å². The summed E-state index contributed by atoms with van der Waals surface area (Å²) in [7, 11) is 0. The van der Waals surface area contributed by atoms with Crippen molar-refractivity contribution in [2.24, 2.45) is 0 Å². The molecule has 0 unspecified atom stereocenters. The van der Waals surface area contributed by atoms with E-state index in [4.69, 9.17) is 33.9 Å². The smallest absolute Gasteiger partial charge is 0.660 e. The van der Waals surface area contributed by atoms with E-state index in [1.165, 1.54) is 92.4 Å². The zero-order valence-corrected chi connectivity index (χ0v) is 47.7. The van der Waals surface area contributed by atoms with E-state index in [1.807, 2.05) is 45.9 Å². The van der Waals surface area contributed by atoms with Crippen LogP contribution in [0, 0.1) is 62.3 Å². The third-order valence-corrected chi connectivity index (χ3v) is 12.3. The van der Waals surface area contributed by atoms with Gasteiger partial charge in [-0.25, -0.2) is 0 Å². The van der Waals surface area contributed by atoms with E-state index in [9.17, 15) is 0 Å². The summed E-state index contributed by atoms with van der Waals surface area (Å²) in [4.78, 5) is 19.8. The summed E-state index contributed by atoms with van der Waals surface area (Å²) in [6.45, 7) is 37.1. The molecule has 10 heteroatoms. The largest absolute Gasteiger partial charge is 2.00 e. The Labute approximate surface area is 457 Å². The third-order valence-electron chi connectivity index (χ3n) is 12.3. The van der Waals surface area contributed by atoms with Crippen molar-refractivity contribution in [1.29, 1.82) is 0 Å². The number of aryl methyl sites for hydroxylation is 9. The number of rotatable bonds is 10. The molecule has 7 aromatic rings. The maximum absolute atomic E-state index is 5.33. The SMILES string of the molecule is C1CCOC1.C1CCOC1.CCOCC.CCOCC.Cc1cc(C)c(-c2ccc(C(C)(c3ccc(-c4c(C)cc(C)cc4C)[n-]3)c3ccc(-c4c(C)cc(C)cc4C)[n-]3)[n-]2)c(C)c1.[Fe+2].[Li+].c1ccncc1. The van der Waals surface area contributed by atoms with E-state index in [0.717, 1.165) is 87.0 Å². The Morgan fingerprint density at radius 2 is 0.708 bits per heavy atom. The van der Waals surface area contributed by atoms with Crippen LogP contribution in [0.25, 0.3) is 33.8 Å². The molecule has 0 spiro atoms. The van der Waals surface area contributed by atoms with Crippen molar-refractivity contribution in [3.05, 3.63) is 171 Å². The van der Waals surface area contributed by atoms with Gasteiger partial charge in [-0.3, -0.25) is 4.98 Å². The molecule has 0 aliphatic carbocycles. The van der Waals surface area contributed by atoms with Gasteiger partial charge in [0.05, 0.1) is 0 Å². The first kappa shape index (κ1) is 63.7. The molecule has 4 aromatic heterocycles. The standard InChI is InChI=1S/C41H42N3.C5H5N.2C4H8O.2C4H10O.Fe.Li/c1-23-17-26(4)38(27(5)18-23)32-11-14-35(42-32)41(10,36-15-12-33(43-36)39-28(6)19-24(2)20-29(39)7)37-16-13-34(44-37)40-30(8)21-25(3)22-31(40)9;1-2-4-6-5-3-1;2*1-2-4-5-3-1;2*1-3-5-4-2;;/h11-22H,1-10H3;1-5H;2*1-4H2;2*3-4H2,1-2H3;;/q-3;;;;;;+2;+1. The van der Waals surface area contributed by atoms with Gasteiger partial charge in [-0.15, -0.1) is 34.2 Å². The normalized spacial score (nSPS) is 12.4. The van der Waals surface area contributed by atoms with Gasteiger partial charge in [-0.05, 0) is 183 Å². The van der Waals surface area contributed by atoms with Crippen LogP contribution in [0.2, 0.25) is 0 Å². The molecule has 0 N–H and O–H groups in total. The second kappa shape index (κ2) is 33.4. The summed E-state index contributed by atoms with van der Waals surface area (Å²) in [5.41, 5.74) is 20.1. The van der Waals surface area contributed by atoms with Crippen LogP contribution in [0.15, 0.2) is 103 Å². The van der Waals surface area contributed by atoms with Crippen LogP contribution in [0.1, 0.15) is 127 Å². The Balaban J connectivity index is 0.000000513. The fourth-order valence-corrected chi connectivity index (χ4v) is 9.23. The number of hydrogen-bond donors (Lipinski definition) is 0. The predicted octanol–water partition coefficient (Wildman–Crippen LogP) is 11.5. The molecular formula is C62H83FeLiN4O4. The van der Waals surface area contributed by atoms with Gasteiger partial charge in [-0.1, -0.05) is 102 Å². The van der Waals surface area contributed by atoms with Crippen LogP contribution in [-0.2, 0) is 41.4 Å². The predicted molar refractivity (Wildman–Crippen MR) is 292 cm³/mol. The molecule has 2 fully saturated rings. The molecule has 0 radical (unpaired) electrons. The first-order valence-corrected chi connectivity index (χ1v) is 25.5. The average molecular weight is 1010 g/mol. The fraction of sp³-hybridized carbons (Fsp3) is 0.435. The van der Waals surface area contributed by atoms with E-state index in [1.54, 1.807) is 12.4 Å². The van der Waals surface area contributed by atoms with E-state index in [-0.39, 0.29) is 35.9 Å². The van der Waals surface area contributed by atoms with Crippen molar-refractivity contribution >= 4 is 0 Å². The Morgan fingerprint density at radius 1 is 0.444 bits per heavy atom. The Hall–Kier alpha value is -4.39. The van der Waals surface area contributed by atoms with Crippen molar-refractivity contribution in [2.75, 3.05) is 52.9 Å². The van der Waals surface area contributed by atoms with E-state index in [2.05, 4.69) is 147 Å². The Morgan fingerprint density at radius 3 is 0.875 bits per heavy atom. The molecule has 0 saturated carbocycles. The van der Waals surface area contributed by atoms with Crippen molar-refractivity contribution in [3.63, 3.8) is 0 Å². The van der Waals surface area contributed by atoms with E-state index >= 15 is 0 Å². The van der Waals surface area contributed by atoms with Gasteiger partial charge in [0, 0.05) is 65.2 Å². The molecule has 9 rings (SSSR count). The van der Waals surface area contributed by atoms with Crippen LogP contribution >= 0.6 is 0 Å². The molecule has 2 aliphatic rings. The minimum atomic E-state index is -0.653. The molecular weight excluding hydrogens is 927 g/mol. The zero-order valence-electron chi connectivity index (χ0n) is 46.6. The van der Waals surface area contributed by atoms with Crippen molar-refractivity contribution < 1.29 is 54.9 Å². The molecule has 8 nitrogen and oxygen atoms in total. The van der Waals surface area contributed by atoms with E-state index < -0.39 is 5.41 Å². The van der Waals surface area contributed by atoms with Crippen molar-refractivity contribution in [1.82, 2.24) is 19.9 Å². The summed E-state index contributed by atoms with van der Waals surface area (Å²) in [5.74, 6) is 0. The molecule has 0 atom stereocenters. The molecule has 3 aromatic carbocycles. The molecule has 384 valence electrons. The minimum Gasteiger partial charge on any atom is -0.660 e. The first-order chi connectivity index (χ1) is 33.7. The molecule has 2 aliphatic heterocycles. The second-order valence-electron chi connectivity index (χ2n) is 18.3. The van der Waals surface area contributed by atoms with E-state index in [0.29, 0.717) is 0 Å². The minimum absolute atomic E-state index is 0. The van der Waals surface area contributed by atoms with Gasteiger partial charge in [0.2, 0.25) is 0 Å². The Kier molecular flexibility index (Phi) is 29.6. The number of pyridine rings is 1. The van der Waals surface area contributed by atoms with Gasteiger partial charge in [0.25, 0.3) is 0 Å². The van der Waals surface area contributed by atoms with Gasteiger partial charge >= 0.3 is 35.9 Å². The monoisotopic (exact) mass is 1010 g/mol. The van der Waals surface area contributed by atoms with Gasteiger partial charge in [0.15, 0.2) is 0 Å². The Bertz CT molecular complexity index is 2230. The summed E-state index contributed by atoms with van der Waals surface area (Å²) >= 11 is 0. The summed E-state index contributed by atoms with van der Waals surface area (Å²) in [6, 6.07) is 32.1. The van der Waals surface area contributed by atoms with Crippen LogP contribution in [0.5, 0.6) is 0 Å². The molecule has 0 amide bonds. The second-order valence-corrected chi connectivity index (χ2v) is 18.3. The van der Waals surface area contributed by atoms with Crippen LogP contribution in [0.4, 0.5) is 0 Å². The van der Waals surface area contributed by atoms with Gasteiger partial charge in [-0.2, -0.15) is 0 Å². The third kappa shape index (κ3) is 18.8. The quantitative estimate of drug-likeness (QED) is 0.125. The first-order valence-electron chi connectivity index (χ1n) is 25.5. The van der Waals surface area contributed by atoms with Crippen molar-refractivity contribution in [3.8, 4) is 33.8 Å². The van der Waals surface area contributed by atoms with Crippen molar-refractivity contribution in [2.45, 2.75) is 128 Å². The summed E-state index contributed by atoms with van der Waals surface area (Å²) in [5, 5.41) is 0. The van der Waals surface area contributed by atoms with Crippen LogP contribution in [0.3, 0.4) is 0 Å². The number of nitrogens with zero attached hydrogens (tertiary/aromatic N) is 4. The molecule has 6 heterocycles. The van der Waals surface area contributed by atoms with Gasteiger partial charge in [0.1, 0.15) is 0 Å². The summed E-state index contributed by atoms with van der Waals surface area (Å²) < 4.78 is 19.6. The zero-order chi connectivity index (χ0) is 51.1. The number of benzene rings is 3. The average Bonchev–Trinajstić information content (AvgIpc) is 4.19. The van der Waals surface area contributed by atoms with Crippen LogP contribution < -0.4 is 33.8 Å². The number of aromatic nitrogens is 4. The summed E-state index contributed by atoms with van der Waals surface area (Å²) in [6.07, 6.45) is 8.61. The van der Waals surface area contributed by atoms with Crippen LogP contribution in [-0.4, -0.2) is 57.8 Å².